The van der Waals surface area contributed by atoms with Gasteiger partial charge in [0.05, 0.1) is 18.7 Å². The molecule has 0 fully saturated rings. The van der Waals surface area contributed by atoms with Crippen LogP contribution < -0.4 is 24.8 Å². The van der Waals surface area contributed by atoms with Crippen LogP contribution in [0, 0.1) is 0 Å². The molecule has 2 N–H and O–H groups in total. The molecule has 0 unspecified atom stereocenters. The molecular formula is C20H24ClN3O3. The van der Waals surface area contributed by atoms with Crippen LogP contribution in [0.1, 0.15) is 18.1 Å². The standard InChI is InChI=1S/C20H24ClN3O3/c1-3-22-20(24-13-15-6-4-5-7-17(15)25-2)23-12-14-10-16(21)19-18(11-14)26-8-9-27-19/h4-7,10-11H,3,8-9,12-13H2,1-2H3,(H2,22,23,24). The number of ether oxygens (including phenoxy) is 3. The highest BCUT2D eigenvalue weighted by atomic mass is 35.5. The van der Waals surface area contributed by atoms with Crippen molar-refractivity contribution in [1.82, 2.24) is 10.6 Å². The summed E-state index contributed by atoms with van der Waals surface area (Å²) >= 11 is 6.30. The number of nitrogens with one attached hydrogen (secondary N) is 2. The van der Waals surface area contributed by atoms with Gasteiger partial charge in [-0.15, -0.1) is 0 Å². The molecule has 2 aromatic carbocycles. The quantitative estimate of drug-likeness (QED) is 0.585. The number of aliphatic imine (C=N–C) groups is 1. The highest BCUT2D eigenvalue weighted by molar-refractivity contribution is 6.32. The average Bonchev–Trinajstić information content (AvgIpc) is 2.70. The van der Waals surface area contributed by atoms with Crippen molar-refractivity contribution in [3.63, 3.8) is 0 Å². The summed E-state index contributed by atoms with van der Waals surface area (Å²) in [5, 5.41) is 7.12. The molecule has 144 valence electrons. The second kappa shape index (κ2) is 9.37. The van der Waals surface area contributed by atoms with Gasteiger partial charge in [-0.05, 0) is 30.7 Å². The normalized spacial score (nSPS) is 13.2. The third-order valence-electron chi connectivity index (χ3n) is 4.06. The maximum atomic E-state index is 6.30. The zero-order valence-corrected chi connectivity index (χ0v) is 16.3. The molecular weight excluding hydrogens is 366 g/mol. The van der Waals surface area contributed by atoms with Crippen LogP contribution in [-0.2, 0) is 13.1 Å². The number of hydrogen-bond acceptors (Lipinski definition) is 4. The molecule has 0 saturated heterocycles. The first-order chi connectivity index (χ1) is 13.2. The van der Waals surface area contributed by atoms with Gasteiger partial charge in [0.25, 0.3) is 0 Å². The van der Waals surface area contributed by atoms with Crippen molar-refractivity contribution in [2.75, 3.05) is 26.9 Å². The highest BCUT2D eigenvalue weighted by Crippen LogP contribution is 2.38. The Kier molecular flexibility index (Phi) is 6.65. The highest BCUT2D eigenvalue weighted by Gasteiger charge is 2.16. The Bertz CT molecular complexity index is 811. The minimum atomic E-state index is 0.470. The van der Waals surface area contributed by atoms with Gasteiger partial charge in [0, 0.05) is 18.7 Å². The van der Waals surface area contributed by atoms with E-state index in [0.29, 0.717) is 42.8 Å². The van der Waals surface area contributed by atoms with Crippen LogP contribution in [0.15, 0.2) is 41.4 Å². The van der Waals surface area contributed by atoms with Crippen molar-refractivity contribution in [3.05, 3.63) is 52.5 Å². The summed E-state index contributed by atoms with van der Waals surface area (Å²) in [7, 11) is 1.67. The van der Waals surface area contributed by atoms with Gasteiger partial charge in [-0.3, -0.25) is 0 Å². The van der Waals surface area contributed by atoms with Crippen molar-refractivity contribution in [3.8, 4) is 17.2 Å². The monoisotopic (exact) mass is 389 g/mol. The maximum Gasteiger partial charge on any atom is 0.191 e. The molecule has 0 amide bonds. The first kappa shape index (κ1) is 19.2. The Balaban J connectivity index is 1.69. The van der Waals surface area contributed by atoms with Crippen molar-refractivity contribution in [2.45, 2.75) is 20.0 Å². The lowest BCUT2D eigenvalue weighted by Gasteiger charge is -2.20. The average molecular weight is 390 g/mol. The zero-order chi connectivity index (χ0) is 19.1. The molecule has 7 heteroatoms. The van der Waals surface area contributed by atoms with Crippen molar-refractivity contribution in [2.24, 2.45) is 4.99 Å². The largest absolute Gasteiger partial charge is 0.496 e. The van der Waals surface area contributed by atoms with Gasteiger partial charge in [-0.1, -0.05) is 29.8 Å². The summed E-state index contributed by atoms with van der Waals surface area (Å²) in [5.74, 6) is 2.84. The Labute approximate surface area is 164 Å². The number of halogens is 1. The van der Waals surface area contributed by atoms with Crippen LogP contribution >= 0.6 is 11.6 Å². The molecule has 2 aromatic rings. The summed E-state index contributed by atoms with van der Waals surface area (Å²) in [4.78, 5) is 4.64. The molecule has 0 aromatic heterocycles. The number of benzene rings is 2. The smallest absolute Gasteiger partial charge is 0.191 e. The predicted molar refractivity (Wildman–Crippen MR) is 107 cm³/mol. The summed E-state index contributed by atoms with van der Waals surface area (Å²) in [6.07, 6.45) is 0. The molecule has 0 atom stereocenters. The molecule has 27 heavy (non-hydrogen) atoms. The molecule has 0 radical (unpaired) electrons. The summed E-state index contributed by atoms with van der Waals surface area (Å²) < 4.78 is 16.6. The Morgan fingerprint density at radius 3 is 2.81 bits per heavy atom. The van der Waals surface area contributed by atoms with Crippen molar-refractivity contribution < 1.29 is 14.2 Å². The predicted octanol–water partition coefficient (Wildman–Crippen LogP) is 3.38. The molecule has 0 saturated carbocycles. The van der Waals surface area contributed by atoms with E-state index >= 15 is 0 Å². The molecule has 1 aliphatic heterocycles. The Hall–Kier alpha value is -2.60. The van der Waals surface area contributed by atoms with E-state index in [-0.39, 0.29) is 0 Å². The van der Waals surface area contributed by atoms with E-state index in [0.717, 1.165) is 29.4 Å². The van der Waals surface area contributed by atoms with Gasteiger partial charge in [-0.25, -0.2) is 4.99 Å². The van der Waals surface area contributed by atoms with Gasteiger partial charge in [-0.2, -0.15) is 0 Å². The lowest BCUT2D eigenvalue weighted by molar-refractivity contribution is 0.171. The zero-order valence-electron chi connectivity index (χ0n) is 15.5. The minimum Gasteiger partial charge on any atom is -0.496 e. The van der Waals surface area contributed by atoms with E-state index in [1.54, 1.807) is 7.11 Å². The van der Waals surface area contributed by atoms with Gasteiger partial charge in [0.2, 0.25) is 0 Å². The van der Waals surface area contributed by atoms with Gasteiger partial charge in [0.1, 0.15) is 19.0 Å². The summed E-state index contributed by atoms with van der Waals surface area (Å²) in [6.45, 7) is 4.91. The maximum absolute atomic E-state index is 6.30. The number of fused-ring (bicyclic) bond motifs is 1. The Morgan fingerprint density at radius 2 is 2.00 bits per heavy atom. The van der Waals surface area contributed by atoms with E-state index in [9.17, 15) is 0 Å². The third-order valence-corrected chi connectivity index (χ3v) is 4.34. The van der Waals surface area contributed by atoms with E-state index in [2.05, 4.69) is 15.6 Å². The number of hydrogen-bond donors (Lipinski definition) is 2. The molecule has 3 rings (SSSR count). The SMILES string of the molecule is CCNC(=NCc1cc(Cl)c2c(c1)OCCO2)NCc1ccccc1OC. The lowest BCUT2D eigenvalue weighted by Crippen LogP contribution is -2.36. The van der Waals surface area contributed by atoms with Crippen LogP contribution in [0.2, 0.25) is 5.02 Å². The van der Waals surface area contributed by atoms with Crippen molar-refractivity contribution in [1.29, 1.82) is 0 Å². The molecule has 1 heterocycles. The fourth-order valence-corrected chi connectivity index (χ4v) is 3.08. The number of guanidine groups is 1. The molecule has 6 nitrogen and oxygen atoms in total. The first-order valence-electron chi connectivity index (χ1n) is 8.93. The topological polar surface area (TPSA) is 64.1 Å². The molecule has 0 bridgehead atoms. The lowest BCUT2D eigenvalue weighted by atomic mass is 10.2. The van der Waals surface area contributed by atoms with Crippen LogP contribution in [0.3, 0.4) is 0 Å². The minimum absolute atomic E-state index is 0.470. The van der Waals surface area contributed by atoms with Crippen LogP contribution in [-0.4, -0.2) is 32.8 Å². The van der Waals surface area contributed by atoms with E-state index in [1.807, 2.05) is 43.3 Å². The molecule has 0 aliphatic carbocycles. The second-order valence-electron chi connectivity index (χ2n) is 5.96. The fraction of sp³-hybridized carbons (Fsp3) is 0.350. The molecule has 1 aliphatic rings. The number of para-hydroxylation sites is 1. The van der Waals surface area contributed by atoms with Crippen molar-refractivity contribution >= 4 is 17.6 Å². The number of rotatable bonds is 6. The van der Waals surface area contributed by atoms with Gasteiger partial charge < -0.3 is 24.8 Å². The summed E-state index contributed by atoms with van der Waals surface area (Å²) in [6, 6.07) is 11.7. The third kappa shape index (κ3) is 4.98. The van der Waals surface area contributed by atoms with E-state index < -0.39 is 0 Å². The molecule has 0 spiro atoms. The van der Waals surface area contributed by atoms with Crippen LogP contribution in [0.25, 0.3) is 0 Å². The van der Waals surface area contributed by atoms with Crippen LogP contribution in [0.4, 0.5) is 0 Å². The number of nitrogens with zero attached hydrogens (tertiary/aromatic N) is 1. The van der Waals surface area contributed by atoms with Gasteiger partial charge >= 0.3 is 0 Å². The van der Waals surface area contributed by atoms with Gasteiger partial charge in [0.15, 0.2) is 17.5 Å². The Morgan fingerprint density at radius 1 is 1.19 bits per heavy atom. The number of methoxy groups -OCH3 is 1. The fourth-order valence-electron chi connectivity index (χ4n) is 2.80. The second-order valence-corrected chi connectivity index (χ2v) is 6.37. The van der Waals surface area contributed by atoms with E-state index in [4.69, 9.17) is 25.8 Å². The first-order valence-corrected chi connectivity index (χ1v) is 9.31. The van der Waals surface area contributed by atoms with Crippen LogP contribution in [0.5, 0.6) is 17.2 Å². The summed E-state index contributed by atoms with van der Waals surface area (Å²) in [5.41, 5.74) is 2.02. The van der Waals surface area contributed by atoms with E-state index in [1.165, 1.54) is 0 Å².